The van der Waals surface area contributed by atoms with Crippen LogP contribution in [0.15, 0.2) is 0 Å². The average Bonchev–Trinajstić information content (AvgIpc) is 2.88. The van der Waals surface area contributed by atoms with Gasteiger partial charge >= 0.3 is 0 Å². The Kier molecular flexibility index (Phi) is 6.48. The fraction of sp³-hybridized carbons (Fsp3) is 1.00. The molecule has 124 valence electrons. The smallest absolute Gasteiger partial charge is 0.0616 e. The second-order valence-corrected chi connectivity index (χ2v) is 7.27. The number of rotatable bonds is 7. The van der Waals surface area contributed by atoms with Gasteiger partial charge in [-0.25, -0.2) is 0 Å². The van der Waals surface area contributed by atoms with E-state index in [1.807, 2.05) is 0 Å². The molecule has 1 heterocycles. The zero-order valence-corrected chi connectivity index (χ0v) is 14.3. The van der Waals surface area contributed by atoms with Crippen LogP contribution in [0.2, 0.25) is 0 Å². The van der Waals surface area contributed by atoms with Crippen LogP contribution >= 0.6 is 0 Å². The molecule has 1 aliphatic carbocycles. The topological polar surface area (TPSA) is 38.7 Å². The molecular formula is C17H35N3O. The number of nitrogens with one attached hydrogen (secondary N) is 1. The van der Waals surface area contributed by atoms with Gasteiger partial charge in [-0.2, -0.15) is 0 Å². The van der Waals surface area contributed by atoms with Crippen LogP contribution in [-0.4, -0.2) is 72.9 Å². The Morgan fingerprint density at radius 2 is 2.14 bits per heavy atom. The van der Waals surface area contributed by atoms with E-state index >= 15 is 0 Å². The lowest BCUT2D eigenvalue weighted by molar-refractivity contribution is 0.0758. The molecule has 4 nitrogen and oxygen atoms in total. The minimum atomic E-state index is 0.00578. The summed E-state index contributed by atoms with van der Waals surface area (Å²) in [4.78, 5) is 5.07. The number of nitrogens with zero attached hydrogens (tertiary/aromatic N) is 2. The van der Waals surface area contributed by atoms with E-state index < -0.39 is 0 Å². The maximum Gasteiger partial charge on any atom is 0.0616 e. The van der Waals surface area contributed by atoms with Crippen molar-refractivity contribution in [2.75, 3.05) is 46.4 Å². The number of hydrogen-bond acceptors (Lipinski definition) is 4. The zero-order valence-electron chi connectivity index (χ0n) is 14.3. The van der Waals surface area contributed by atoms with E-state index in [9.17, 15) is 5.11 Å². The van der Waals surface area contributed by atoms with Gasteiger partial charge in [0.1, 0.15) is 0 Å². The zero-order chi connectivity index (χ0) is 15.3. The van der Waals surface area contributed by atoms with Gasteiger partial charge in [-0.15, -0.1) is 0 Å². The molecule has 0 aromatic heterocycles. The Balaban J connectivity index is 1.86. The summed E-state index contributed by atoms with van der Waals surface area (Å²) in [6.07, 6.45) is 6.06. The SMILES string of the molecule is CCCNC1(CO)CCCC1CCN1CCN(C)CC1C. The molecule has 3 unspecified atom stereocenters. The van der Waals surface area contributed by atoms with Gasteiger partial charge < -0.3 is 15.3 Å². The van der Waals surface area contributed by atoms with Gasteiger partial charge in [-0.1, -0.05) is 13.3 Å². The Morgan fingerprint density at radius 1 is 1.33 bits per heavy atom. The van der Waals surface area contributed by atoms with Crippen molar-refractivity contribution in [1.82, 2.24) is 15.1 Å². The molecular weight excluding hydrogens is 262 g/mol. The summed E-state index contributed by atoms with van der Waals surface area (Å²) in [5.74, 6) is 0.640. The van der Waals surface area contributed by atoms with Crippen molar-refractivity contribution in [3.63, 3.8) is 0 Å². The van der Waals surface area contributed by atoms with E-state index in [0.717, 1.165) is 19.4 Å². The van der Waals surface area contributed by atoms with E-state index in [0.29, 0.717) is 18.6 Å². The third-order valence-corrected chi connectivity index (χ3v) is 5.70. The van der Waals surface area contributed by atoms with Crippen LogP contribution in [0.5, 0.6) is 0 Å². The van der Waals surface area contributed by atoms with Crippen LogP contribution in [0.4, 0.5) is 0 Å². The van der Waals surface area contributed by atoms with E-state index in [4.69, 9.17) is 0 Å². The first kappa shape index (κ1) is 17.2. The van der Waals surface area contributed by atoms with Crippen molar-refractivity contribution < 1.29 is 5.11 Å². The van der Waals surface area contributed by atoms with E-state index in [1.165, 1.54) is 45.4 Å². The van der Waals surface area contributed by atoms with Crippen molar-refractivity contribution in [1.29, 1.82) is 0 Å². The highest BCUT2D eigenvalue weighted by atomic mass is 16.3. The first-order chi connectivity index (χ1) is 10.1. The largest absolute Gasteiger partial charge is 0.394 e. The summed E-state index contributed by atoms with van der Waals surface area (Å²) in [6.45, 7) is 10.6. The monoisotopic (exact) mass is 297 g/mol. The second kappa shape index (κ2) is 7.91. The molecule has 0 aromatic rings. The van der Waals surface area contributed by atoms with E-state index in [-0.39, 0.29) is 5.54 Å². The van der Waals surface area contributed by atoms with Crippen LogP contribution in [0.1, 0.15) is 46.0 Å². The van der Waals surface area contributed by atoms with Gasteiger partial charge in [0.25, 0.3) is 0 Å². The molecule has 1 aliphatic heterocycles. The molecule has 0 amide bonds. The summed E-state index contributed by atoms with van der Waals surface area (Å²) in [6, 6.07) is 0.664. The molecule has 3 atom stereocenters. The van der Waals surface area contributed by atoms with Gasteiger partial charge in [0.15, 0.2) is 0 Å². The molecule has 21 heavy (non-hydrogen) atoms. The normalized spacial score (nSPS) is 35.4. The highest BCUT2D eigenvalue weighted by Gasteiger charge is 2.41. The van der Waals surface area contributed by atoms with Crippen molar-refractivity contribution in [3.8, 4) is 0 Å². The van der Waals surface area contributed by atoms with Crippen LogP contribution in [-0.2, 0) is 0 Å². The molecule has 2 aliphatic rings. The Hall–Kier alpha value is -0.160. The molecule has 1 saturated carbocycles. The predicted molar refractivity (Wildman–Crippen MR) is 88.6 cm³/mol. The van der Waals surface area contributed by atoms with Gasteiger partial charge in [-0.05, 0) is 58.7 Å². The molecule has 2 rings (SSSR count). The summed E-state index contributed by atoms with van der Waals surface area (Å²) in [5.41, 5.74) is 0.00578. The summed E-state index contributed by atoms with van der Waals surface area (Å²) in [5, 5.41) is 13.6. The Labute approximate surface area is 130 Å². The van der Waals surface area contributed by atoms with E-state index in [1.54, 1.807) is 0 Å². The average molecular weight is 297 g/mol. The maximum absolute atomic E-state index is 9.95. The molecule has 4 heteroatoms. The highest BCUT2D eigenvalue weighted by Crippen LogP contribution is 2.38. The van der Waals surface area contributed by atoms with Crippen molar-refractivity contribution in [3.05, 3.63) is 0 Å². The standard InChI is InChI=1S/C17H35N3O/c1-4-9-18-17(14-21)8-5-6-16(17)7-10-20-12-11-19(3)13-15(20)2/h15-16,18,21H,4-14H2,1-3H3. The Morgan fingerprint density at radius 3 is 2.81 bits per heavy atom. The van der Waals surface area contributed by atoms with Crippen LogP contribution < -0.4 is 5.32 Å². The minimum Gasteiger partial charge on any atom is -0.394 e. The third-order valence-electron chi connectivity index (χ3n) is 5.70. The van der Waals surface area contributed by atoms with Gasteiger partial charge in [-0.3, -0.25) is 4.90 Å². The molecule has 0 aromatic carbocycles. The van der Waals surface area contributed by atoms with Crippen molar-refractivity contribution in [2.24, 2.45) is 5.92 Å². The van der Waals surface area contributed by atoms with Crippen LogP contribution in [0.25, 0.3) is 0 Å². The molecule has 2 N–H and O–H groups in total. The maximum atomic E-state index is 9.95. The number of hydrogen-bond donors (Lipinski definition) is 2. The number of piperazine rings is 1. The Bertz CT molecular complexity index is 312. The number of likely N-dealkylation sites (N-methyl/N-ethyl adjacent to an activating group) is 1. The summed E-state index contributed by atoms with van der Waals surface area (Å²) in [7, 11) is 2.22. The molecule has 0 spiro atoms. The number of aliphatic hydroxyl groups excluding tert-OH is 1. The quantitative estimate of drug-likeness (QED) is 0.748. The van der Waals surface area contributed by atoms with Gasteiger partial charge in [0.2, 0.25) is 0 Å². The summed E-state index contributed by atoms with van der Waals surface area (Å²) < 4.78 is 0. The van der Waals surface area contributed by atoms with E-state index in [2.05, 4.69) is 36.0 Å². The first-order valence-electron chi connectivity index (χ1n) is 8.90. The van der Waals surface area contributed by atoms with Crippen molar-refractivity contribution in [2.45, 2.75) is 57.5 Å². The highest BCUT2D eigenvalue weighted by molar-refractivity contribution is 4.99. The van der Waals surface area contributed by atoms with Gasteiger partial charge in [0.05, 0.1) is 6.61 Å². The molecule has 0 bridgehead atoms. The van der Waals surface area contributed by atoms with Crippen molar-refractivity contribution >= 4 is 0 Å². The predicted octanol–water partition coefficient (Wildman–Crippen LogP) is 1.54. The molecule has 2 fully saturated rings. The molecule has 0 radical (unpaired) electrons. The van der Waals surface area contributed by atoms with Gasteiger partial charge in [0, 0.05) is 31.2 Å². The van der Waals surface area contributed by atoms with Crippen LogP contribution in [0, 0.1) is 5.92 Å². The molecule has 1 saturated heterocycles. The fourth-order valence-corrected chi connectivity index (χ4v) is 4.27. The van der Waals surface area contributed by atoms with Crippen LogP contribution in [0.3, 0.4) is 0 Å². The minimum absolute atomic E-state index is 0.00578. The summed E-state index contributed by atoms with van der Waals surface area (Å²) >= 11 is 0. The lowest BCUT2D eigenvalue weighted by Crippen LogP contribution is -2.54. The third kappa shape index (κ3) is 4.19. The fourth-order valence-electron chi connectivity index (χ4n) is 4.27. The number of aliphatic hydroxyl groups is 1. The first-order valence-corrected chi connectivity index (χ1v) is 8.90. The second-order valence-electron chi connectivity index (χ2n) is 7.27. The lowest BCUT2D eigenvalue weighted by atomic mass is 9.84. The lowest BCUT2D eigenvalue weighted by Gasteiger charge is -2.40.